The van der Waals surface area contributed by atoms with Gasteiger partial charge in [0.05, 0.1) is 4.90 Å². The van der Waals surface area contributed by atoms with Crippen LogP contribution in [-0.2, 0) is 16.6 Å². The Kier molecular flexibility index (Phi) is 5.74. The van der Waals surface area contributed by atoms with Crippen molar-refractivity contribution in [3.63, 3.8) is 0 Å². The van der Waals surface area contributed by atoms with Gasteiger partial charge in [-0.05, 0) is 56.9 Å². The van der Waals surface area contributed by atoms with Crippen molar-refractivity contribution in [2.45, 2.75) is 58.5 Å². The minimum atomic E-state index is -3.47. The predicted molar refractivity (Wildman–Crippen MR) is 83.1 cm³/mol. The molecule has 0 spiro atoms. The number of sulfonamides is 1. The van der Waals surface area contributed by atoms with Crippen molar-refractivity contribution in [2.75, 3.05) is 6.54 Å². The van der Waals surface area contributed by atoms with Crippen molar-refractivity contribution in [3.05, 3.63) is 28.8 Å². The Morgan fingerprint density at radius 1 is 1.25 bits per heavy atom. The highest BCUT2D eigenvalue weighted by molar-refractivity contribution is 7.89. The maximum atomic E-state index is 12.9. The largest absolute Gasteiger partial charge is 0.326 e. The van der Waals surface area contributed by atoms with Crippen LogP contribution >= 0.6 is 0 Å². The van der Waals surface area contributed by atoms with Gasteiger partial charge in [0.15, 0.2) is 0 Å². The molecule has 1 aromatic rings. The topological polar surface area (TPSA) is 63.4 Å². The minimum absolute atomic E-state index is 0.0545. The van der Waals surface area contributed by atoms with E-state index in [1.54, 1.807) is 10.4 Å². The number of benzene rings is 1. The molecule has 20 heavy (non-hydrogen) atoms. The summed E-state index contributed by atoms with van der Waals surface area (Å²) in [5.41, 5.74) is 8.29. The third-order valence-corrected chi connectivity index (χ3v) is 5.72. The number of nitrogens with zero attached hydrogens (tertiary/aromatic N) is 1. The number of hydrogen-bond acceptors (Lipinski definition) is 3. The fourth-order valence-electron chi connectivity index (χ4n) is 2.29. The molecular formula is C15H26N2O2S. The SMILES string of the molecule is CCCN(C(C)C)S(=O)(=O)c1cc(CN)cc(C)c1C. The highest BCUT2D eigenvalue weighted by Crippen LogP contribution is 2.25. The van der Waals surface area contributed by atoms with Gasteiger partial charge in [-0.15, -0.1) is 0 Å². The minimum Gasteiger partial charge on any atom is -0.326 e. The standard InChI is InChI=1S/C15H26N2O2S/c1-6-7-17(11(2)3)20(18,19)15-9-14(10-16)8-12(4)13(15)5/h8-9,11H,6-7,10,16H2,1-5H3. The molecule has 4 nitrogen and oxygen atoms in total. The molecule has 1 rings (SSSR count). The van der Waals surface area contributed by atoms with Crippen LogP contribution in [0.25, 0.3) is 0 Å². The van der Waals surface area contributed by atoms with Crippen molar-refractivity contribution < 1.29 is 8.42 Å². The Morgan fingerprint density at radius 3 is 2.30 bits per heavy atom. The summed E-state index contributed by atoms with van der Waals surface area (Å²) in [5, 5.41) is 0. The normalized spacial score (nSPS) is 12.4. The zero-order valence-corrected chi connectivity index (χ0v) is 13.9. The molecule has 0 aliphatic carbocycles. The predicted octanol–water partition coefficient (Wildman–Crippen LogP) is 2.57. The molecule has 0 bridgehead atoms. The van der Waals surface area contributed by atoms with Crippen LogP contribution in [0.2, 0.25) is 0 Å². The highest BCUT2D eigenvalue weighted by atomic mass is 32.2. The second-order valence-electron chi connectivity index (χ2n) is 5.45. The Bertz CT molecular complexity index is 565. The fraction of sp³-hybridized carbons (Fsp3) is 0.600. The molecule has 0 aliphatic heterocycles. The van der Waals surface area contributed by atoms with E-state index in [4.69, 9.17) is 5.73 Å². The van der Waals surface area contributed by atoms with E-state index in [9.17, 15) is 8.42 Å². The van der Waals surface area contributed by atoms with Gasteiger partial charge in [0.2, 0.25) is 10.0 Å². The zero-order chi connectivity index (χ0) is 15.5. The van der Waals surface area contributed by atoms with Crippen molar-refractivity contribution in [3.8, 4) is 0 Å². The summed E-state index contributed by atoms with van der Waals surface area (Å²) < 4.78 is 27.3. The number of hydrogen-bond donors (Lipinski definition) is 1. The van der Waals surface area contributed by atoms with E-state index in [1.807, 2.05) is 40.7 Å². The smallest absolute Gasteiger partial charge is 0.243 e. The Labute approximate surface area is 123 Å². The first-order valence-corrected chi connectivity index (χ1v) is 8.51. The van der Waals surface area contributed by atoms with Gasteiger partial charge in [-0.3, -0.25) is 0 Å². The first-order chi connectivity index (χ1) is 9.25. The van der Waals surface area contributed by atoms with E-state index < -0.39 is 10.0 Å². The summed E-state index contributed by atoms with van der Waals surface area (Å²) in [5.74, 6) is 0. The van der Waals surface area contributed by atoms with Gasteiger partial charge in [0, 0.05) is 19.1 Å². The molecule has 0 amide bonds. The molecule has 114 valence electrons. The number of rotatable bonds is 6. The Hall–Kier alpha value is -0.910. The molecule has 0 heterocycles. The van der Waals surface area contributed by atoms with Gasteiger partial charge in [-0.25, -0.2) is 8.42 Å². The molecule has 2 N–H and O–H groups in total. The molecule has 1 aromatic carbocycles. The van der Waals surface area contributed by atoms with Gasteiger partial charge in [-0.2, -0.15) is 4.31 Å². The van der Waals surface area contributed by atoms with Crippen LogP contribution in [0.3, 0.4) is 0 Å². The summed E-state index contributed by atoms with van der Waals surface area (Å²) in [7, 11) is -3.47. The van der Waals surface area contributed by atoms with Crippen LogP contribution in [0.4, 0.5) is 0 Å². The molecule has 5 heteroatoms. The fourth-order valence-corrected chi connectivity index (χ4v) is 4.37. The Morgan fingerprint density at radius 2 is 1.85 bits per heavy atom. The lowest BCUT2D eigenvalue weighted by Gasteiger charge is -2.27. The van der Waals surface area contributed by atoms with Crippen molar-refractivity contribution >= 4 is 10.0 Å². The van der Waals surface area contributed by atoms with Crippen LogP contribution in [0.15, 0.2) is 17.0 Å². The second-order valence-corrected chi connectivity index (χ2v) is 7.31. The lowest BCUT2D eigenvalue weighted by molar-refractivity contribution is 0.354. The van der Waals surface area contributed by atoms with Gasteiger partial charge in [0.25, 0.3) is 0 Å². The number of aryl methyl sites for hydroxylation is 1. The summed E-state index contributed by atoms with van der Waals surface area (Å²) in [4.78, 5) is 0.389. The molecule has 0 unspecified atom stereocenters. The van der Waals surface area contributed by atoms with Crippen LogP contribution in [0, 0.1) is 13.8 Å². The van der Waals surface area contributed by atoms with E-state index in [0.717, 1.165) is 23.1 Å². The van der Waals surface area contributed by atoms with Crippen molar-refractivity contribution in [1.82, 2.24) is 4.31 Å². The van der Waals surface area contributed by atoms with Crippen LogP contribution < -0.4 is 5.73 Å². The molecule has 0 radical (unpaired) electrons. The molecule has 0 fully saturated rings. The Balaban J connectivity index is 3.44. The lowest BCUT2D eigenvalue weighted by Crippen LogP contribution is -2.38. The van der Waals surface area contributed by atoms with Crippen molar-refractivity contribution in [1.29, 1.82) is 0 Å². The van der Waals surface area contributed by atoms with E-state index >= 15 is 0 Å². The maximum absolute atomic E-state index is 12.9. The third-order valence-electron chi connectivity index (χ3n) is 3.52. The molecule has 0 aliphatic rings. The monoisotopic (exact) mass is 298 g/mol. The summed E-state index contributed by atoms with van der Waals surface area (Å²) >= 11 is 0. The summed E-state index contributed by atoms with van der Waals surface area (Å²) in [6.07, 6.45) is 0.798. The van der Waals surface area contributed by atoms with Gasteiger partial charge < -0.3 is 5.73 Å². The first kappa shape index (κ1) is 17.1. The first-order valence-electron chi connectivity index (χ1n) is 7.07. The zero-order valence-electron chi connectivity index (χ0n) is 13.1. The molecular weight excluding hydrogens is 272 g/mol. The average molecular weight is 298 g/mol. The van der Waals surface area contributed by atoms with E-state index in [2.05, 4.69) is 0 Å². The van der Waals surface area contributed by atoms with Crippen molar-refractivity contribution in [2.24, 2.45) is 5.73 Å². The van der Waals surface area contributed by atoms with E-state index in [0.29, 0.717) is 18.0 Å². The molecule has 0 saturated heterocycles. The quantitative estimate of drug-likeness (QED) is 0.878. The highest BCUT2D eigenvalue weighted by Gasteiger charge is 2.28. The molecule has 0 aromatic heterocycles. The lowest BCUT2D eigenvalue weighted by atomic mass is 10.1. The second kappa shape index (κ2) is 6.70. The molecule has 0 atom stereocenters. The summed E-state index contributed by atoms with van der Waals surface area (Å²) in [6.45, 7) is 10.5. The van der Waals surface area contributed by atoms with Gasteiger partial charge in [-0.1, -0.05) is 13.0 Å². The summed E-state index contributed by atoms with van der Waals surface area (Å²) in [6, 6.07) is 3.61. The van der Waals surface area contributed by atoms with Crippen LogP contribution in [-0.4, -0.2) is 25.3 Å². The van der Waals surface area contributed by atoms with E-state index in [1.165, 1.54) is 0 Å². The number of nitrogens with two attached hydrogens (primary N) is 1. The van der Waals surface area contributed by atoms with Crippen LogP contribution in [0.1, 0.15) is 43.9 Å². The van der Waals surface area contributed by atoms with Crippen LogP contribution in [0.5, 0.6) is 0 Å². The van der Waals surface area contributed by atoms with E-state index in [-0.39, 0.29) is 6.04 Å². The molecule has 0 saturated carbocycles. The third kappa shape index (κ3) is 3.40. The average Bonchev–Trinajstić information content (AvgIpc) is 2.37. The maximum Gasteiger partial charge on any atom is 0.243 e. The van der Waals surface area contributed by atoms with Gasteiger partial charge >= 0.3 is 0 Å². The van der Waals surface area contributed by atoms with Gasteiger partial charge in [0.1, 0.15) is 0 Å².